The Morgan fingerprint density at radius 3 is 2.24 bits per heavy atom. The first-order valence-electron chi connectivity index (χ1n) is 9.91. The molecule has 0 bridgehead atoms. The summed E-state index contributed by atoms with van der Waals surface area (Å²) in [5.74, 6) is 0.442. The molecule has 0 N–H and O–H groups in total. The number of ether oxygens (including phenoxy) is 1. The van der Waals surface area contributed by atoms with E-state index in [1.165, 1.54) is 12.0 Å². The summed E-state index contributed by atoms with van der Waals surface area (Å²) < 4.78 is 5.40. The van der Waals surface area contributed by atoms with Crippen LogP contribution in [0.5, 0.6) is 5.75 Å². The smallest absolute Gasteiger partial charge is 0.261 e. The van der Waals surface area contributed by atoms with Crippen molar-refractivity contribution in [3.63, 3.8) is 0 Å². The third-order valence-corrected chi connectivity index (χ3v) is 5.78. The molecule has 2 aliphatic rings. The maximum absolute atomic E-state index is 13.1. The molecule has 1 fully saturated rings. The molecule has 2 heterocycles. The molecule has 150 valence electrons. The second-order valence-corrected chi connectivity index (χ2v) is 7.75. The number of fused-ring (bicyclic) bond motifs is 1. The van der Waals surface area contributed by atoms with Gasteiger partial charge in [0.2, 0.25) is 0 Å². The van der Waals surface area contributed by atoms with Gasteiger partial charge >= 0.3 is 0 Å². The third kappa shape index (κ3) is 3.50. The van der Waals surface area contributed by atoms with Gasteiger partial charge in [-0.2, -0.15) is 0 Å². The van der Waals surface area contributed by atoms with E-state index in [1.54, 1.807) is 42.5 Å². The number of amides is 3. The summed E-state index contributed by atoms with van der Waals surface area (Å²) >= 11 is 0. The van der Waals surface area contributed by atoms with Crippen molar-refractivity contribution in [2.24, 2.45) is 5.92 Å². The topological polar surface area (TPSA) is 66.9 Å². The van der Waals surface area contributed by atoms with E-state index in [0.717, 1.165) is 25.9 Å². The molecule has 6 nitrogen and oxygen atoms in total. The first kappa shape index (κ1) is 19.2. The largest absolute Gasteiger partial charge is 0.496 e. The minimum absolute atomic E-state index is 0.0713. The molecule has 2 aliphatic heterocycles. The lowest BCUT2D eigenvalue weighted by atomic mass is 9.98. The SMILES string of the molecule is COc1ccc(CN2C(=O)c3ccccc3C2=O)cc1C(=O)N1CCC(C)CC1. The van der Waals surface area contributed by atoms with E-state index in [0.29, 0.717) is 33.9 Å². The van der Waals surface area contributed by atoms with Gasteiger partial charge in [-0.15, -0.1) is 0 Å². The summed E-state index contributed by atoms with van der Waals surface area (Å²) in [5, 5.41) is 0. The summed E-state index contributed by atoms with van der Waals surface area (Å²) in [5.41, 5.74) is 2.03. The van der Waals surface area contributed by atoms with Crippen LogP contribution in [0.4, 0.5) is 0 Å². The molecule has 0 unspecified atom stereocenters. The van der Waals surface area contributed by atoms with Crippen molar-refractivity contribution in [3.05, 3.63) is 64.7 Å². The zero-order valence-corrected chi connectivity index (χ0v) is 16.7. The molecule has 0 spiro atoms. The van der Waals surface area contributed by atoms with Gasteiger partial charge in [-0.25, -0.2) is 0 Å². The Morgan fingerprint density at radius 2 is 1.66 bits per heavy atom. The van der Waals surface area contributed by atoms with Crippen molar-refractivity contribution < 1.29 is 19.1 Å². The highest BCUT2D eigenvalue weighted by Crippen LogP contribution is 2.28. The van der Waals surface area contributed by atoms with Crippen LogP contribution in [0.3, 0.4) is 0 Å². The van der Waals surface area contributed by atoms with Gasteiger partial charge in [-0.1, -0.05) is 25.1 Å². The summed E-state index contributed by atoms with van der Waals surface area (Å²) in [6.07, 6.45) is 1.98. The lowest BCUT2D eigenvalue weighted by Crippen LogP contribution is -2.38. The predicted molar refractivity (Wildman–Crippen MR) is 108 cm³/mol. The van der Waals surface area contributed by atoms with Crippen LogP contribution in [0.1, 0.15) is 56.4 Å². The Bertz CT molecular complexity index is 942. The number of nitrogens with zero attached hydrogens (tertiary/aromatic N) is 2. The Morgan fingerprint density at radius 1 is 1.03 bits per heavy atom. The van der Waals surface area contributed by atoms with Crippen LogP contribution < -0.4 is 4.74 Å². The summed E-state index contributed by atoms with van der Waals surface area (Å²) in [7, 11) is 1.54. The van der Waals surface area contributed by atoms with E-state index >= 15 is 0 Å². The van der Waals surface area contributed by atoms with Gasteiger partial charge < -0.3 is 9.64 Å². The molecular formula is C23H24N2O4. The van der Waals surface area contributed by atoms with Gasteiger partial charge in [-0.3, -0.25) is 19.3 Å². The van der Waals surface area contributed by atoms with Gasteiger partial charge in [0.1, 0.15) is 5.75 Å². The number of likely N-dealkylation sites (tertiary alicyclic amines) is 1. The zero-order chi connectivity index (χ0) is 20.5. The fraction of sp³-hybridized carbons (Fsp3) is 0.348. The highest BCUT2D eigenvalue weighted by molar-refractivity contribution is 6.21. The van der Waals surface area contributed by atoms with Gasteiger partial charge in [0.15, 0.2) is 0 Å². The summed E-state index contributed by atoms with van der Waals surface area (Å²) in [6, 6.07) is 12.1. The Hall–Kier alpha value is -3.15. The molecule has 0 radical (unpaired) electrons. The highest BCUT2D eigenvalue weighted by Gasteiger charge is 2.35. The van der Waals surface area contributed by atoms with Crippen LogP contribution in [0.25, 0.3) is 0 Å². The maximum atomic E-state index is 13.1. The zero-order valence-electron chi connectivity index (χ0n) is 16.7. The number of benzene rings is 2. The van der Waals surface area contributed by atoms with Crippen molar-refractivity contribution >= 4 is 17.7 Å². The van der Waals surface area contributed by atoms with Gasteiger partial charge in [0, 0.05) is 13.1 Å². The van der Waals surface area contributed by atoms with Crippen LogP contribution in [0.2, 0.25) is 0 Å². The van der Waals surface area contributed by atoms with E-state index < -0.39 is 0 Å². The number of carbonyl (C=O) groups excluding carboxylic acids is 3. The van der Waals surface area contributed by atoms with Crippen molar-refractivity contribution in [1.29, 1.82) is 0 Å². The normalized spacial score (nSPS) is 16.9. The molecule has 3 amide bonds. The molecule has 4 rings (SSSR count). The molecule has 1 saturated heterocycles. The molecule has 6 heteroatoms. The Kier molecular flexibility index (Phi) is 5.09. The lowest BCUT2D eigenvalue weighted by molar-refractivity contribution is 0.0641. The number of rotatable bonds is 4. The van der Waals surface area contributed by atoms with Crippen LogP contribution in [0.15, 0.2) is 42.5 Å². The minimum Gasteiger partial charge on any atom is -0.496 e. The summed E-state index contributed by atoms with van der Waals surface area (Å²) in [6.45, 7) is 3.77. The van der Waals surface area contributed by atoms with Crippen molar-refractivity contribution in [2.45, 2.75) is 26.3 Å². The molecule has 0 aliphatic carbocycles. The second kappa shape index (κ2) is 7.70. The average Bonchev–Trinajstić information content (AvgIpc) is 2.99. The van der Waals surface area contributed by atoms with Gasteiger partial charge in [0.25, 0.3) is 17.7 Å². The molecule has 2 aromatic rings. The summed E-state index contributed by atoms with van der Waals surface area (Å²) in [4.78, 5) is 41.4. The van der Waals surface area contributed by atoms with Gasteiger partial charge in [0.05, 0.1) is 30.3 Å². The molecule has 0 saturated carbocycles. The maximum Gasteiger partial charge on any atom is 0.261 e. The average molecular weight is 392 g/mol. The number of carbonyl (C=O) groups is 3. The molecule has 0 atom stereocenters. The van der Waals surface area contributed by atoms with Gasteiger partial charge in [-0.05, 0) is 48.6 Å². The van der Waals surface area contributed by atoms with Crippen molar-refractivity contribution in [2.75, 3.05) is 20.2 Å². The lowest BCUT2D eigenvalue weighted by Gasteiger charge is -2.30. The van der Waals surface area contributed by atoms with E-state index in [-0.39, 0.29) is 24.3 Å². The second-order valence-electron chi connectivity index (χ2n) is 7.75. The van der Waals surface area contributed by atoms with E-state index in [4.69, 9.17) is 4.74 Å². The van der Waals surface area contributed by atoms with Crippen LogP contribution in [0, 0.1) is 5.92 Å². The highest BCUT2D eigenvalue weighted by atomic mass is 16.5. The Balaban J connectivity index is 1.58. The molecule has 2 aromatic carbocycles. The first-order valence-corrected chi connectivity index (χ1v) is 9.91. The van der Waals surface area contributed by atoms with Crippen molar-refractivity contribution in [3.8, 4) is 5.75 Å². The fourth-order valence-electron chi connectivity index (χ4n) is 3.97. The molecule has 29 heavy (non-hydrogen) atoms. The first-order chi connectivity index (χ1) is 14.0. The number of piperidine rings is 1. The number of methoxy groups -OCH3 is 1. The fourth-order valence-corrected chi connectivity index (χ4v) is 3.97. The van der Waals surface area contributed by atoms with E-state index in [1.807, 2.05) is 4.90 Å². The standard InChI is InChI=1S/C23H24N2O4/c1-15-9-11-24(12-10-15)21(26)19-13-16(7-8-20(19)29-2)14-25-22(27)17-5-3-4-6-18(17)23(25)28/h3-8,13,15H,9-12,14H2,1-2H3. The van der Waals surface area contributed by atoms with E-state index in [9.17, 15) is 14.4 Å². The monoisotopic (exact) mass is 392 g/mol. The quantitative estimate of drug-likeness (QED) is 0.749. The van der Waals surface area contributed by atoms with Crippen LogP contribution in [-0.4, -0.2) is 47.7 Å². The van der Waals surface area contributed by atoms with Crippen LogP contribution >= 0.6 is 0 Å². The number of hydrogen-bond acceptors (Lipinski definition) is 4. The number of hydrogen-bond donors (Lipinski definition) is 0. The minimum atomic E-state index is -0.306. The number of imide groups is 1. The van der Waals surface area contributed by atoms with E-state index in [2.05, 4.69) is 6.92 Å². The Labute approximate surface area is 170 Å². The van der Waals surface area contributed by atoms with Crippen molar-refractivity contribution in [1.82, 2.24) is 9.80 Å². The third-order valence-electron chi connectivity index (χ3n) is 5.78. The van der Waals surface area contributed by atoms with Crippen LogP contribution in [-0.2, 0) is 6.54 Å². The molecular weight excluding hydrogens is 368 g/mol. The predicted octanol–water partition coefficient (Wildman–Crippen LogP) is 3.36. The molecule has 0 aromatic heterocycles.